The van der Waals surface area contributed by atoms with E-state index in [-0.39, 0.29) is 5.91 Å². The number of nitrogens with one attached hydrogen (secondary N) is 1. The lowest BCUT2D eigenvalue weighted by molar-refractivity contribution is -0.121. The van der Waals surface area contributed by atoms with Gasteiger partial charge in [-0.05, 0) is 37.5 Å². The average molecular weight is 348 g/mol. The van der Waals surface area contributed by atoms with Gasteiger partial charge in [-0.1, -0.05) is 48.0 Å². The summed E-state index contributed by atoms with van der Waals surface area (Å²) in [5, 5.41) is 4.02. The maximum absolute atomic E-state index is 11.9. The Morgan fingerprint density at radius 2 is 1.96 bits per heavy atom. The maximum Gasteiger partial charge on any atom is 0.220 e. The first-order valence-electron chi connectivity index (χ1n) is 9.01. The standard InChI is InChI=1S/C22H24N2O2/c1-17-6-2-7-18(16-17)11-12-21(25)23-14-5-15-26-20-10-3-8-19-9-4-13-24-22(19)20/h2-4,6-10,13,16H,5,11-12,14-15H2,1H3,(H,23,25). The maximum atomic E-state index is 11.9. The molecule has 3 aromatic rings. The largest absolute Gasteiger partial charge is 0.491 e. The van der Waals surface area contributed by atoms with E-state index in [0.717, 1.165) is 29.5 Å². The van der Waals surface area contributed by atoms with Crippen LogP contribution in [0.4, 0.5) is 0 Å². The molecule has 0 fully saturated rings. The molecule has 4 nitrogen and oxygen atoms in total. The van der Waals surface area contributed by atoms with E-state index in [0.29, 0.717) is 19.6 Å². The minimum absolute atomic E-state index is 0.0818. The molecule has 2 aromatic carbocycles. The van der Waals surface area contributed by atoms with Gasteiger partial charge in [0.15, 0.2) is 0 Å². The first-order chi connectivity index (χ1) is 12.7. The van der Waals surface area contributed by atoms with Crippen LogP contribution in [0.2, 0.25) is 0 Å². The Bertz CT molecular complexity index is 871. The summed E-state index contributed by atoms with van der Waals surface area (Å²) in [4.78, 5) is 16.3. The van der Waals surface area contributed by atoms with Gasteiger partial charge in [0.05, 0.1) is 6.61 Å². The monoisotopic (exact) mass is 348 g/mol. The topological polar surface area (TPSA) is 51.2 Å². The van der Waals surface area contributed by atoms with Gasteiger partial charge in [0, 0.05) is 24.5 Å². The fourth-order valence-electron chi connectivity index (χ4n) is 2.89. The van der Waals surface area contributed by atoms with Gasteiger partial charge in [-0.15, -0.1) is 0 Å². The van der Waals surface area contributed by atoms with E-state index >= 15 is 0 Å². The van der Waals surface area contributed by atoms with Crippen LogP contribution in [-0.2, 0) is 11.2 Å². The van der Waals surface area contributed by atoms with Crippen molar-refractivity contribution < 1.29 is 9.53 Å². The van der Waals surface area contributed by atoms with E-state index in [2.05, 4.69) is 35.4 Å². The number of amides is 1. The summed E-state index contributed by atoms with van der Waals surface area (Å²) in [6, 6.07) is 18.1. The highest BCUT2D eigenvalue weighted by atomic mass is 16.5. The number of para-hydroxylation sites is 1. The molecule has 0 spiro atoms. The number of carbonyl (C=O) groups excluding carboxylic acids is 1. The molecule has 134 valence electrons. The molecule has 0 saturated carbocycles. The summed E-state index contributed by atoms with van der Waals surface area (Å²) in [6.45, 7) is 3.23. The number of fused-ring (bicyclic) bond motifs is 1. The quantitative estimate of drug-likeness (QED) is 0.625. The minimum Gasteiger partial charge on any atom is -0.491 e. The molecular weight excluding hydrogens is 324 g/mol. The van der Waals surface area contributed by atoms with Crippen molar-refractivity contribution in [3.63, 3.8) is 0 Å². The second-order valence-electron chi connectivity index (χ2n) is 6.37. The summed E-state index contributed by atoms with van der Waals surface area (Å²) >= 11 is 0. The summed E-state index contributed by atoms with van der Waals surface area (Å²) in [5.41, 5.74) is 3.30. The molecule has 0 aliphatic carbocycles. The van der Waals surface area contributed by atoms with Crippen molar-refractivity contribution in [2.75, 3.05) is 13.2 Å². The number of nitrogens with zero attached hydrogens (tertiary/aromatic N) is 1. The molecule has 1 heterocycles. The van der Waals surface area contributed by atoms with E-state index in [4.69, 9.17) is 4.74 Å². The van der Waals surface area contributed by atoms with Gasteiger partial charge in [0.2, 0.25) is 5.91 Å². The molecule has 0 atom stereocenters. The number of benzene rings is 2. The number of rotatable bonds is 8. The molecule has 1 amide bonds. The average Bonchev–Trinajstić information content (AvgIpc) is 2.66. The molecule has 0 bridgehead atoms. The number of ether oxygens (including phenoxy) is 1. The number of hydrogen-bond acceptors (Lipinski definition) is 3. The van der Waals surface area contributed by atoms with Crippen LogP contribution in [0.3, 0.4) is 0 Å². The van der Waals surface area contributed by atoms with Crippen molar-refractivity contribution in [3.8, 4) is 5.75 Å². The Balaban J connectivity index is 1.37. The Kier molecular flexibility index (Phi) is 6.20. The zero-order valence-corrected chi connectivity index (χ0v) is 15.1. The number of carbonyl (C=O) groups is 1. The highest BCUT2D eigenvalue weighted by Crippen LogP contribution is 2.22. The number of aryl methyl sites for hydroxylation is 2. The molecule has 0 unspecified atom stereocenters. The van der Waals surface area contributed by atoms with Crippen molar-refractivity contribution in [1.82, 2.24) is 10.3 Å². The molecular formula is C22H24N2O2. The third-order valence-electron chi connectivity index (χ3n) is 4.22. The highest BCUT2D eigenvalue weighted by molar-refractivity contribution is 5.84. The Morgan fingerprint density at radius 3 is 2.85 bits per heavy atom. The third kappa shape index (κ3) is 5.06. The molecule has 0 saturated heterocycles. The highest BCUT2D eigenvalue weighted by Gasteiger charge is 2.04. The summed E-state index contributed by atoms with van der Waals surface area (Å²) in [6.07, 6.45) is 3.81. The van der Waals surface area contributed by atoms with Crippen molar-refractivity contribution in [2.24, 2.45) is 0 Å². The van der Waals surface area contributed by atoms with Gasteiger partial charge in [-0.25, -0.2) is 0 Å². The Hall–Kier alpha value is -2.88. The van der Waals surface area contributed by atoms with Gasteiger partial charge in [-0.2, -0.15) is 0 Å². The molecule has 26 heavy (non-hydrogen) atoms. The SMILES string of the molecule is Cc1cccc(CCC(=O)NCCCOc2cccc3cccnc23)c1. The molecule has 4 heteroatoms. The van der Waals surface area contributed by atoms with Crippen molar-refractivity contribution in [2.45, 2.75) is 26.2 Å². The van der Waals surface area contributed by atoms with E-state index in [1.54, 1.807) is 6.20 Å². The number of pyridine rings is 1. The fourth-order valence-corrected chi connectivity index (χ4v) is 2.89. The van der Waals surface area contributed by atoms with Crippen LogP contribution in [0.25, 0.3) is 10.9 Å². The molecule has 0 radical (unpaired) electrons. The van der Waals surface area contributed by atoms with Gasteiger partial charge < -0.3 is 10.1 Å². The van der Waals surface area contributed by atoms with Crippen LogP contribution >= 0.6 is 0 Å². The lowest BCUT2D eigenvalue weighted by Crippen LogP contribution is -2.25. The predicted octanol–water partition coefficient (Wildman–Crippen LogP) is 4.06. The fraction of sp³-hybridized carbons (Fsp3) is 0.273. The first-order valence-corrected chi connectivity index (χ1v) is 9.01. The van der Waals surface area contributed by atoms with Crippen molar-refractivity contribution in [1.29, 1.82) is 0 Å². The Morgan fingerprint density at radius 1 is 1.12 bits per heavy atom. The first kappa shape index (κ1) is 17.9. The van der Waals surface area contributed by atoms with Crippen LogP contribution < -0.4 is 10.1 Å². The Labute approximate surface area is 154 Å². The number of aromatic nitrogens is 1. The molecule has 1 aromatic heterocycles. The van der Waals surface area contributed by atoms with E-state index in [1.807, 2.05) is 36.4 Å². The van der Waals surface area contributed by atoms with Crippen molar-refractivity contribution in [3.05, 3.63) is 71.9 Å². The predicted molar refractivity (Wildman–Crippen MR) is 104 cm³/mol. The van der Waals surface area contributed by atoms with Crippen LogP contribution in [-0.4, -0.2) is 24.0 Å². The molecule has 0 aliphatic heterocycles. The third-order valence-corrected chi connectivity index (χ3v) is 4.22. The summed E-state index contributed by atoms with van der Waals surface area (Å²) in [7, 11) is 0. The van der Waals surface area contributed by atoms with Crippen LogP contribution in [0, 0.1) is 6.92 Å². The summed E-state index contributed by atoms with van der Waals surface area (Å²) < 4.78 is 5.83. The summed E-state index contributed by atoms with van der Waals surface area (Å²) in [5.74, 6) is 0.868. The molecule has 0 aliphatic rings. The van der Waals surface area contributed by atoms with Gasteiger partial charge in [0.25, 0.3) is 0 Å². The van der Waals surface area contributed by atoms with E-state index in [1.165, 1.54) is 11.1 Å². The smallest absolute Gasteiger partial charge is 0.220 e. The lowest BCUT2D eigenvalue weighted by atomic mass is 10.1. The number of hydrogen-bond donors (Lipinski definition) is 1. The molecule has 1 N–H and O–H groups in total. The van der Waals surface area contributed by atoms with E-state index in [9.17, 15) is 4.79 Å². The molecule has 3 rings (SSSR count). The zero-order chi connectivity index (χ0) is 18.2. The normalized spacial score (nSPS) is 10.7. The van der Waals surface area contributed by atoms with E-state index < -0.39 is 0 Å². The van der Waals surface area contributed by atoms with Crippen LogP contribution in [0.15, 0.2) is 60.8 Å². The zero-order valence-electron chi connectivity index (χ0n) is 15.1. The van der Waals surface area contributed by atoms with Gasteiger partial charge in [-0.3, -0.25) is 9.78 Å². The van der Waals surface area contributed by atoms with Gasteiger partial charge in [0.1, 0.15) is 11.3 Å². The van der Waals surface area contributed by atoms with Crippen LogP contribution in [0.5, 0.6) is 5.75 Å². The second kappa shape index (κ2) is 8.99. The van der Waals surface area contributed by atoms with Crippen LogP contribution in [0.1, 0.15) is 24.0 Å². The second-order valence-corrected chi connectivity index (χ2v) is 6.37. The van der Waals surface area contributed by atoms with Gasteiger partial charge >= 0.3 is 0 Å². The minimum atomic E-state index is 0.0818. The van der Waals surface area contributed by atoms with Crippen molar-refractivity contribution >= 4 is 16.8 Å². The lowest BCUT2D eigenvalue weighted by Gasteiger charge is -2.09.